The number of ether oxygens (including phenoxy) is 1. The van der Waals surface area contributed by atoms with Gasteiger partial charge in [-0.2, -0.15) is 0 Å². The first-order chi connectivity index (χ1) is 7.68. The molecule has 1 aromatic rings. The molecule has 2 nitrogen and oxygen atoms in total. The van der Waals surface area contributed by atoms with E-state index in [0.29, 0.717) is 12.1 Å². The molecule has 1 aliphatic rings. The van der Waals surface area contributed by atoms with Crippen LogP contribution in [0.5, 0.6) is 5.75 Å². The second kappa shape index (κ2) is 4.88. The van der Waals surface area contributed by atoms with E-state index in [0.717, 1.165) is 25.2 Å². The smallest absolute Gasteiger partial charge is 0.126 e. The van der Waals surface area contributed by atoms with Gasteiger partial charge >= 0.3 is 0 Å². The molecule has 0 aliphatic carbocycles. The molecular weight excluding hydrogens is 198 g/mol. The molecule has 2 heteroatoms. The minimum atomic E-state index is 0.442. The van der Waals surface area contributed by atoms with Crippen molar-refractivity contribution in [1.82, 2.24) is 5.32 Å². The quantitative estimate of drug-likeness (QED) is 0.824. The van der Waals surface area contributed by atoms with Gasteiger partial charge in [-0.15, -0.1) is 0 Å². The summed E-state index contributed by atoms with van der Waals surface area (Å²) in [6.07, 6.45) is 2.28. The maximum Gasteiger partial charge on any atom is 0.126 e. The molecular formula is C14H21NO. The van der Waals surface area contributed by atoms with E-state index in [2.05, 4.69) is 44.3 Å². The van der Waals surface area contributed by atoms with Crippen molar-refractivity contribution in [2.45, 2.75) is 45.7 Å². The van der Waals surface area contributed by atoms with Crippen LogP contribution < -0.4 is 10.1 Å². The Morgan fingerprint density at radius 1 is 1.38 bits per heavy atom. The summed E-state index contributed by atoms with van der Waals surface area (Å²) in [5.41, 5.74) is 2.57. The largest absolute Gasteiger partial charge is 0.493 e. The fraction of sp³-hybridized carbons (Fsp3) is 0.571. The van der Waals surface area contributed by atoms with Gasteiger partial charge < -0.3 is 10.1 Å². The topological polar surface area (TPSA) is 21.3 Å². The van der Waals surface area contributed by atoms with Crippen molar-refractivity contribution in [2.24, 2.45) is 0 Å². The highest BCUT2D eigenvalue weighted by Gasteiger charge is 2.20. The van der Waals surface area contributed by atoms with Crippen LogP contribution in [0.1, 0.15) is 43.9 Å². The summed E-state index contributed by atoms with van der Waals surface area (Å²) in [6.45, 7) is 7.35. The standard InChI is InChI=1S/C14H21NO/c1-10(2)15-13-8-5-9-16-14-11(3)6-4-7-12(13)14/h4,6-7,10,13,15H,5,8-9H2,1-3H3. The molecule has 0 radical (unpaired) electrons. The van der Waals surface area contributed by atoms with Gasteiger partial charge in [-0.1, -0.05) is 32.0 Å². The lowest BCUT2D eigenvalue weighted by molar-refractivity contribution is 0.313. The lowest BCUT2D eigenvalue weighted by Crippen LogP contribution is -2.27. The molecule has 0 fully saturated rings. The molecule has 1 N–H and O–H groups in total. The van der Waals surface area contributed by atoms with Gasteiger partial charge in [0.1, 0.15) is 5.75 Å². The molecule has 1 aliphatic heterocycles. The number of fused-ring (bicyclic) bond motifs is 1. The van der Waals surface area contributed by atoms with Crippen LogP contribution in [-0.2, 0) is 0 Å². The van der Waals surface area contributed by atoms with E-state index in [9.17, 15) is 0 Å². The Balaban J connectivity index is 2.33. The summed E-state index contributed by atoms with van der Waals surface area (Å²) in [5.74, 6) is 1.10. The lowest BCUT2D eigenvalue weighted by Gasteiger charge is -2.21. The average molecular weight is 219 g/mol. The number of hydrogen-bond donors (Lipinski definition) is 1. The lowest BCUT2D eigenvalue weighted by atomic mass is 9.99. The molecule has 1 aromatic carbocycles. The molecule has 0 spiro atoms. The van der Waals surface area contributed by atoms with Gasteiger partial charge in [0.25, 0.3) is 0 Å². The average Bonchev–Trinajstić information content (AvgIpc) is 2.42. The predicted molar refractivity (Wildman–Crippen MR) is 66.9 cm³/mol. The van der Waals surface area contributed by atoms with Crippen LogP contribution in [0.4, 0.5) is 0 Å². The second-order valence-electron chi connectivity index (χ2n) is 4.86. The minimum Gasteiger partial charge on any atom is -0.493 e. The summed E-state index contributed by atoms with van der Waals surface area (Å²) < 4.78 is 5.85. The van der Waals surface area contributed by atoms with Crippen molar-refractivity contribution in [3.05, 3.63) is 29.3 Å². The highest BCUT2D eigenvalue weighted by Crippen LogP contribution is 2.34. The van der Waals surface area contributed by atoms with Crippen molar-refractivity contribution in [3.8, 4) is 5.75 Å². The van der Waals surface area contributed by atoms with E-state index in [-0.39, 0.29) is 0 Å². The Hall–Kier alpha value is -1.02. The van der Waals surface area contributed by atoms with Crippen molar-refractivity contribution in [1.29, 1.82) is 0 Å². The zero-order valence-electron chi connectivity index (χ0n) is 10.4. The number of hydrogen-bond acceptors (Lipinski definition) is 2. The van der Waals surface area contributed by atoms with Crippen molar-refractivity contribution in [2.75, 3.05) is 6.61 Å². The third-order valence-corrected chi connectivity index (χ3v) is 3.04. The van der Waals surface area contributed by atoms with Gasteiger partial charge in [0.15, 0.2) is 0 Å². The van der Waals surface area contributed by atoms with E-state index in [1.54, 1.807) is 0 Å². The van der Waals surface area contributed by atoms with Crippen LogP contribution in [0.2, 0.25) is 0 Å². The molecule has 1 unspecified atom stereocenters. The number of para-hydroxylation sites is 1. The maximum absolute atomic E-state index is 5.85. The first kappa shape index (κ1) is 11.5. The molecule has 88 valence electrons. The Labute approximate surface area is 98.0 Å². The second-order valence-corrected chi connectivity index (χ2v) is 4.86. The first-order valence-electron chi connectivity index (χ1n) is 6.17. The number of benzene rings is 1. The molecule has 0 bridgehead atoms. The van der Waals surface area contributed by atoms with E-state index in [1.165, 1.54) is 11.1 Å². The monoisotopic (exact) mass is 219 g/mol. The van der Waals surface area contributed by atoms with Crippen LogP contribution in [0.15, 0.2) is 18.2 Å². The summed E-state index contributed by atoms with van der Waals surface area (Å²) in [5, 5.41) is 3.63. The van der Waals surface area contributed by atoms with Gasteiger partial charge in [-0.25, -0.2) is 0 Å². The van der Waals surface area contributed by atoms with Gasteiger partial charge in [0, 0.05) is 17.6 Å². The molecule has 0 saturated carbocycles. The number of aryl methyl sites for hydroxylation is 1. The van der Waals surface area contributed by atoms with E-state index >= 15 is 0 Å². The molecule has 2 rings (SSSR count). The molecule has 0 aromatic heterocycles. The van der Waals surface area contributed by atoms with E-state index < -0.39 is 0 Å². The maximum atomic E-state index is 5.85. The zero-order chi connectivity index (χ0) is 11.5. The van der Waals surface area contributed by atoms with Gasteiger partial charge in [0.2, 0.25) is 0 Å². The van der Waals surface area contributed by atoms with Crippen molar-refractivity contribution in [3.63, 3.8) is 0 Å². The van der Waals surface area contributed by atoms with Crippen LogP contribution in [0.3, 0.4) is 0 Å². The Morgan fingerprint density at radius 3 is 2.94 bits per heavy atom. The fourth-order valence-corrected chi connectivity index (χ4v) is 2.34. The zero-order valence-corrected chi connectivity index (χ0v) is 10.4. The van der Waals surface area contributed by atoms with Gasteiger partial charge in [-0.05, 0) is 25.3 Å². The Bertz CT molecular complexity index is 360. The van der Waals surface area contributed by atoms with Crippen LogP contribution in [-0.4, -0.2) is 12.6 Å². The Kier molecular flexibility index (Phi) is 3.49. The van der Waals surface area contributed by atoms with E-state index in [4.69, 9.17) is 4.74 Å². The van der Waals surface area contributed by atoms with Gasteiger partial charge in [0.05, 0.1) is 6.61 Å². The molecule has 1 heterocycles. The summed E-state index contributed by atoms with van der Waals surface area (Å²) in [6, 6.07) is 7.39. The van der Waals surface area contributed by atoms with Crippen molar-refractivity contribution < 1.29 is 4.74 Å². The third-order valence-electron chi connectivity index (χ3n) is 3.04. The van der Waals surface area contributed by atoms with Crippen LogP contribution in [0.25, 0.3) is 0 Å². The van der Waals surface area contributed by atoms with Crippen molar-refractivity contribution >= 4 is 0 Å². The predicted octanol–water partition coefficient (Wildman–Crippen LogP) is 3.21. The number of nitrogens with one attached hydrogen (secondary N) is 1. The fourth-order valence-electron chi connectivity index (χ4n) is 2.34. The van der Waals surface area contributed by atoms with Crippen LogP contribution >= 0.6 is 0 Å². The summed E-state index contributed by atoms with van der Waals surface area (Å²) in [4.78, 5) is 0. The van der Waals surface area contributed by atoms with E-state index in [1.807, 2.05) is 0 Å². The molecule has 0 saturated heterocycles. The normalized spacial score (nSPS) is 20.1. The minimum absolute atomic E-state index is 0.442. The number of rotatable bonds is 2. The summed E-state index contributed by atoms with van der Waals surface area (Å²) >= 11 is 0. The molecule has 16 heavy (non-hydrogen) atoms. The van der Waals surface area contributed by atoms with Crippen LogP contribution in [0, 0.1) is 6.92 Å². The third kappa shape index (κ3) is 2.38. The Morgan fingerprint density at radius 2 is 2.19 bits per heavy atom. The summed E-state index contributed by atoms with van der Waals surface area (Å²) in [7, 11) is 0. The highest BCUT2D eigenvalue weighted by atomic mass is 16.5. The molecule has 1 atom stereocenters. The SMILES string of the molecule is Cc1cccc2c1OCCCC2NC(C)C. The first-order valence-corrected chi connectivity index (χ1v) is 6.17. The highest BCUT2D eigenvalue weighted by molar-refractivity contribution is 5.43. The van der Waals surface area contributed by atoms with Gasteiger partial charge in [-0.3, -0.25) is 0 Å². The molecule has 0 amide bonds.